The van der Waals surface area contributed by atoms with E-state index in [4.69, 9.17) is 0 Å². The van der Waals surface area contributed by atoms with Crippen LogP contribution in [0.3, 0.4) is 0 Å². The summed E-state index contributed by atoms with van der Waals surface area (Å²) in [6, 6.07) is 15.4. The van der Waals surface area contributed by atoms with Crippen LogP contribution in [0.25, 0.3) is 0 Å². The van der Waals surface area contributed by atoms with Crippen LogP contribution in [0.2, 0.25) is 0 Å². The second-order valence-electron chi connectivity index (χ2n) is 6.50. The van der Waals surface area contributed by atoms with Crippen LogP contribution in [0.4, 0.5) is 0 Å². The zero-order valence-corrected chi connectivity index (χ0v) is 14.6. The van der Waals surface area contributed by atoms with Gasteiger partial charge in [-0.05, 0) is 30.2 Å². The highest BCUT2D eigenvalue weighted by Crippen LogP contribution is 2.36. The SMILES string of the molecule is CCC1(c2ccccc2)C=C(N2C(=O)c3ccccc3C2=O)C(=O)NC1=O. The topological polar surface area (TPSA) is 83.6 Å². The van der Waals surface area contributed by atoms with Gasteiger partial charge < -0.3 is 0 Å². The van der Waals surface area contributed by atoms with Gasteiger partial charge in [-0.1, -0.05) is 49.4 Å². The summed E-state index contributed by atoms with van der Waals surface area (Å²) in [5.41, 5.74) is -0.0808. The summed E-state index contributed by atoms with van der Waals surface area (Å²) >= 11 is 0. The molecule has 1 unspecified atom stereocenters. The van der Waals surface area contributed by atoms with E-state index in [1.54, 1.807) is 48.5 Å². The molecule has 2 aromatic rings. The zero-order valence-electron chi connectivity index (χ0n) is 14.6. The lowest BCUT2D eigenvalue weighted by Crippen LogP contribution is -2.53. The number of imide groups is 2. The molecule has 2 aliphatic heterocycles. The van der Waals surface area contributed by atoms with E-state index >= 15 is 0 Å². The summed E-state index contributed by atoms with van der Waals surface area (Å²) < 4.78 is 0. The molecule has 0 aromatic heterocycles. The molecule has 0 bridgehead atoms. The normalized spacial score (nSPS) is 21.8. The minimum Gasteiger partial charge on any atom is -0.290 e. The van der Waals surface area contributed by atoms with Crippen molar-refractivity contribution in [2.24, 2.45) is 0 Å². The molecule has 0 fully saturated rings. The fraction of sp³-hybridized carbons (Fsp3) is 0.143. The molecule has 0 spiro atoms. The van der Waals surface area contributed by atoms with Crippen molar-refractivity contribution in [1.29, 1.82) is 0 Å². The third-order valence-electron chi connectivity index (χ3n) is 5.13. The highest BCUT2D eigenvalue weighted by atomic mass is 16.2. The van der Waals surface area contributed by atoms with Crippen LogP contribution >= 0.6 is 0 Å². The van der Waals surface area contributed by atoms with Crippen LogP contribution in [0.1, 0.15) is 39.6 Å². The van der Waals surface area contributed by atoms with Gasteiger partial charge in [-0.25, -0.2) is 4.90 Å². The van der Waals surface area contributed by atoms with E-state index in [9.17, 15) is 19.2 Å². The molecular weight excluding hydrogens is 344 g/mol. The standard InChI is InChI=1S/C21H16N2O4/c1-2-21(13-8-4-3-5-9-13)12-16(17(24)22-20(21)27)23-18(25)14-10-6-7-11-15(14)19(23)26/h3-12H,2H2,1H3,(H,22,24,27). The molecule has 1 atom stereocenters. The van der Waals surface area contributed by atoms with Crippen LogP contribution in [0.15, 0.2) is 66.4 Å². The van der Waals surface area contributed by atoms with E-state index in [1.807, 2.05) is 13.0 Å². The predicted octanol–water partition coefficient (Wildman–Crippen LogP) is 2.17. The van der Waals surface area contributed by atoms with Crippen molar-refractivity contribution in [3.63, 3.8) is 0 Å². The minimum atomic E-state index is -1.14. The summed E-state index contributed by atoms with van der Waals surface area (Å²) in [6.07, 6.45) is 1.81. The number of benzene rings is 2. The van der Waals surface area contributed by atoms with Crippen molar-refractivity contribution in [3.8, 4) is 0 Å². The van der Waals surface area contributed by atoms with Crippen molar-refractivity contribution in [3.05, 3.63) is 83.1 Å². The van der Waals surface area contributed by atoms with Gasteiger partial charge in [-0.15, -0.1) is 0 Å². The molecule has 0 saturated carbocycles. The van der Waals surface area contributed by atoms with Gasteiger partial charge in [0, 0.05) is 0 Å². The van der Waals surface area contributed by atoms with Crippen LogP contribution in [0.5, 0.6) is 0 Å². The molecule has 6 nitrogen and oxygen atoms in total. The van der Waals surface area contributed by atoms with Crippen LogP contribution in [0, 0.1) is 0 Å². The smallest absolute Gasteiger partial charge is 0.274 e. The van der Waals surface area contributed by atoms with E-state index < -0.39 is 29.0 Å². The van der Waals surface area contributed by atoms with E-state index in [1.165, 1.54) is 6.08 Å². The molecule has 2 aliphatic rings. The monoisotopic (exact) mass is 360 g/mol. The molecule has 27 heavy (non-hydrogen) atoms. The molecule has 0 aliphatic carbocycles. The maximum Gasteiger partial charge on any atom is 0.274 e. The Morgan fingerprint density at radius 1 is 0.852 bits per heavy atom. The van der Waals surface area contributed by atoms with E-state index in [0.29, 0.717) is 12.0 Å². The Hall–Kier alpha value is -3.54. The number of carbonyl (C=O) groups is 4. The fourth-order valence-electron chi connectivity index (χ4n) is 3.63. The summed E-state index contributed by atoms with van der Waals surface area (Å²) in [7, 11) is 0. The van der Waals surface area contributed by atoms with Crippen LogP contribution < -0.4 is 5.32 Å². The summed E-state index contributed by atoms with van der Waals surface area (Å²) in [4.78, 5) is 51.7. The lowest BCUT2D eigenvalue weighted by atomic mass is 9.75. The first-order valence-electron chi connectivity index (χ1n) is 8.61. The Bertz CT molecular complexity index is 990. The number of rotatable bonds is 3. The minimum absolute atomic E-state index is 0.119. The predicted molar refractivity (Wildman–Crippen MR) is 96.6 cm³/mol. The molecule has 0 saturated heterocycles. The van der Waals surface area contributed by atoms with Gasteiger partial charge in [-0.3, -0.25) is 24.5 Å². The van der Waals surface area contributed by atoms with E-state index in [0.717, 1.165) is 4.90 Å². The first-order valence-corrected chi connectivity index (χ1v) is 8.61. The van der Waals surface area contributed by atoms with Gasteiger partial charge in [0.05, 0.1) is 16.5 Å². The largest absolute Gasteiger partial charge is 0.290 e. The van der Waals surface area contributed by atoms with Crippen LogP contribution in [-0.4, -0.2) is 28.5 Å². The Morgan fingerprint density at radius 2 is 1.41 bits per heavy atom. The highest BCUT2D eigenvalue weighted by molar-refractivity contribution is 6.26. The number of nitrogens with zero attached hydrogens (tertiary/aromatic N) is 1. The van der Waals surface area contributed by atoms with E-state index in [-0.39, 0.29) is 16.8 Å². The quantitative estimate of drug-likeness (QED) is 0.851. The molecule has 0 radical (unpaired) electrons. The first-order chi connectivity index (χ1) is 13.0. The molecule has 2 heterocycles. The lowest BCUT2D eigenvalue weighted by Gasteiger charge is -2.34. The second kappa shape index (κ2) is 6.02. The summed E-state index contributed by atoms with van der Waals surface area (Å²) in [6.45, 7) is 1.82. The van der Waals surface area contributed by atoms with Crippen molar-refractivity contribution in [1.82, 2.24) is 10.2 Å². The third kappa shape index (κ3) is 2.33. The van der Waals surface area contributed by atoms with Crippen molar-refractivity contribution < 1.29 is 19.2 Å². The molecule has 4 rings (SSSR count). The van der Waals surface area contributed by atoms with Crippen molar-refractivity contribution >= 4 is 23.6 Å². The molecule has 1 N–H and O–H groups in total. The number of amides is 4. The van der Waals surface area contributed by atoms with Gasteiger partial charge in [0.1, 0.15) is 5.70 Å². The number of nitrogens with one attached hydrogen (secondary N) is 1. The summed E-state index contributed by atoms with van der Waals surface area (Å²) in [5.74, 6) is -2.36. The Kier molecular flexibility index (Phi) is 3.77. The van der Waals surface area contributed by atoms with Gasteiger partial charge in [0.15, 0.2) is 0 Å². The average Bonchev–Trinajstić information content (AvgIpc) is 2.94. The fourth-order valence-corrected chi connectivity index (χ4v) is 3.63. The van der Waals surface area contributed by atoms with Crippen LogP contribution in [-0.2, 0) is 15.0 Å². The van der Waals surface area contributed by atoms with Gasteiger partial charge >= 0.3 is 0 Å². The van der Waals surface area contributed by atoms with Gasteiger partial charge in [0.25, 0.3) is 17.7 Å². The second-order valence-corrected chi connectivity index (χ2v) is 6.50. The Balaban J connectivity index is 1.88. The zero-order chi connectivity index (χ0) is 19.2. The van der Waals surface area contributed by atoms with Gasteiger partial charge in [0.2, 0.25) is 5.91 Å². The highest BCUT2D eigenvalue weighted by Gasteiger charge is 2.47. The lowest BCUT2D eigenvalue weighted by molar-refractivity contribution is -0.133. The number of fused-ring (bicyclic) bond motifs is 1. The molecule has 4 amide bonds. The Labute approximate surface area is 155 Å². The molecule has 6 heteroatoms. The summed E-state index contributed by atoms with van der Waals surface area (Å²) in [5, 5.41) is 2.32. The third-order valence-corrected chi connectivity index (χ3v) is 5.13. The molecule has 134 valence electrons. The number of carbonyl (C=O) groups excluding carboxylic acids is 4. The van der Waals surface area contributed by atoms with E-state index in [2.05, 4.69) is 5.32 Å². The average molecular weight is 360 g/mol. The Morgan fingerprint density at radius 3 is 1.96 bits per heavy atom. The maximum atomic E-state index is 12.8. The molecular formula is C21H16N2O4. The first kappa shape index (κ1) is 16.9. The number of hydrogen-bond acceptors (Lipinski definition) is 4. The van der Waals surface area contributed by atoms with Gasteiger partial charge in [-0.2, -0.15) is 0 Å². The maximum absolute atomic E-state index is 12.8. The molecule has 2 aromatic carbocycles. The number of hydrogen-bond donors (Lipinski definition) is 1. The van der Waals surface area contributed by atoms with Crippen molar-refractivity contribution in [2.75, 3.05) is 0 Å². The van der Waals surface area contributed by atoms with Crippen molar-refractivity contribution in [2.45, 2.75) is 18.8 Å².